The van der Waals surface area contributed by atoms with Crippen LogP contribution in [-0.4, -0.2) is 17.6 Å². The summed E-state index contributed by atoms with van der Waals surface area (Å²) in [7, 11) is 0. The van der Waals surface area contributed by atoms with Crippen molar-refractivity contribution in [2.75, 3.05) is 6.54 Å². The van der Waals surface area contributed by atoms with E-state index in [1.807, 2.05) is 30.3 Å². The fourth-order valence-electron chi connectivity index (χ4n) is 2.30. The summed E-state index contributed by atoms with van der Waals surface area (Å²) in [5, 5.41) is 4.52. The summed E-state index contributed by atoms with van der Waals surface area (Å²) >= 11 is 1.10. The van der Waals surface area contributed by atoms with Gasteiger partial charge in [-0.15, -0.1) is 0 Å². The molecule has 0 fully saturated rings. The van der Waals surface area contributed by atoms with Crippen molar-refractivity contribution in [3.05, 3.63) is 47.4 Å². The highest BCUT2D eigenvalue weighted by molar-refractivity contribution is 8.16. The third-order valence-electron chi connectivity index (χ3n) is 3.71. The number of benzene rings is 1. The molecule has 0 bridgehead atoms. The van der Waals surface area contributed by atoms with Gasteiger partial charge in [-0.2, -0.15) is 0 Å². The van der Waals surface area contributed by atoms with Crippen LogP contribution < -0.4 is 5.32 Å². The minimum Gasteiger partial charge on any atom is -0.353 e. The van der Waals surface area contributed by atoms with Crippen LogP contribution in [0.5, 0.6) is 0 Å². The first-order chi connectivity index (χ1) is 11.7. The standard InChI is InChI=1S/C20H29NO2S/c1-2-3-4-5-6-10-16-21-19(22)15-17-24-20(23)14-13-18-11-8-7-9-12-18/h7-9,11-12,15,17H,2-6,10,13-14,16H2,1H3,(H,21,22). The topological polar surface area (TPSA) is 46.2 Å². The van der Waals surface area contributed by atoms with E-state index in [-0.39, 0.29) is 11.0 Å². The molecule has 1 aromatic rings. The number of carbonyl (C=O) groups is 2. The Morgan fingerprint density at radius 3 is 2.50 bits per heavy atom. The molecule has 0 atom stereocenters. The van der Waals surface area contributed by atoms with Crippen LogP contribution in [0, 0.1) is 0 Å². The lowest BCUT2D eigenvalue weighted by Crippen LogP contribution is -2.21. The molecule has 0 aliphatic heterocycles. The van der Waals surface area contributed by atoms with Crippen molar-refractivity contribution < 1.29 is 9.59 Å². The molecular weight excluding hydrogens is 318 g/mol. The summed E-state index contributed by atoms with van der Waals surface area (Å²) in [4.78, 5) is 23.4. The number of aryl methyl sites for hydroxylation is 1. The maximum atomic E-state index is 11.8. The van der Waals surface area contributed by atoms with E-state index < -0.39 is 0 Å². The molecular formula is C20H29NO2S. The van der Waals surface area contributed by atoms with Crippen molar-refractivity contribution in [1.82, 2.24) is 5.32 Å². The first-order valence-electron chi connectivity index (χ1n) is 8.90. The van der Waals surface area contributed by atoms with Gasteiger partial charge in [0.05, 0.1) is 0 Å². The van der Waals surface area contributed by atoms with Crippen LogP contribution in [0.3, 0.4) is 0 Å². The SMILES string of the molecule is CCCCCCCCNC(=O)C=CSC(=O)CCc1ccccc1. The van der Waals surface area contributed by atoms with E-state index in [2.05, 4.69) is 12.2 Å². The molecule has 0 unspecified atom stereocenters. The number of hydrogen-bond donors (Lipinski definition) is 1. The molecule has 24 heavy (non-hydrogen) atoms. The number of hydrogen-bond acceptors (Lipinski definition) is 3. The highest BCUT2D eigenvalue weighted by Gasteiger charge is 2.02. The minimum absolute atomic E-state index is 0.0822. The quantitative estimate of drug-likeness (QED) is 0.433. The average molecular weight is 348 g/mol. The maximum Gasteiger partial charge on any atom is 0.244 e. The second-order valence-electron chi connectivity index (χ2n) is 5.84. The molecule has 1 N–H and O–H groups in total. The third-order valence-corrected chi connectivity index (χ3v) is 4.45. The van der Waals surface area contributed by atoms with Crippen molar-refractivity contribution in [2.45, 2.75) is 58.3 Å². The number of amides is 1. The van der Waals surface area contributed by atoms with E-state index in [0.29, 0.717) is 13.0 Å². The Kier molecular flexibility index (Phi) is 11.8. The highest BCUT2D eigenvalue weighted by Crippen LogP contribution is 2.11. The van der Waals surface area contributed by atoms with Crippen molar-refractivity contribution in [3.8, 4) is 0 Å². The predicted octanol–water partition coefficient (Wildman–Crippen LogP) is 4.87. The fourth-order valence-corrected chi connectivity index (χ4v) is 2.86. The molecule has 3 nitrogen and oxygen atoms in total. The fraction of sp³-hybridized carbons (Fsp3) is 0.500. The molecule has 0 aromatic heterocycles. The summed E-state index contributed by atoms with van der Waals surface area (Å²) in [6.45, 7) is 2.92. The van der Waals surface area contributed by atoms with E-state index in [0.717, 1.165) is 36.6 Å². The van der Waals surface area contributed by atoms with Gasteiger partial charge in [-0.1, -0.05) is 81.1 Å². The van der Waals surface area contributed by atoms with Gasteiger partial charge in [0.1, 0.15) is 0 Å². The summed E-state index contributed by atoms with van der Waals surface area (Å²) < 4.78 is 0. The van der Waals surface area contributed by atoms with Gasteiger partial charge in [-0.25, -0.2) is 0 Å². The minimum atomic E-state index is -0.119. The smallest absolute Gasteiger partial charge is 0.244 e. The summed E-state index contributed by atoms with van der Waals surface area (Å²) in [6.07, 6.45) is 9.93. The van der Waals surface area contributed by atoms with Gasteiger partial charge in [0.25, 0.3) is 0 Å². The molecule has 0 spiro atoms. The molecule has 1 rings (SSSR count). The molecule has 1 amide bonds. The second kappa shape index (κ2) is 13.8. The molecule has 0 saturated heterocycles. The molecule has 0 heterocycles. The first-order valence-corrected chi connectivity index (χ1v) is 9.78. The zero-order chi connectivity index (χ0) is 17.5. The number of unbranched alkanes of at least 4 members (excludes halogenated alkanes) is 5. The largest absolute Gasteiger partial charge is 0.353 e. The summed E-state index contributed by atoms with van der Waals surface area (Å²) in [5.74, 6) is -0.119. The summed E-state index contributed by atoms with van der Waals surface area (Å²) in [5.41, 5.74) is 1.16. The van der Waals surface area contributed by atoms with Gasteiger partial charge in [0, 0.05) is 19.0 Å². The first kappa shape index (κ1) is 20.5. The lowest BCUT2D eigenvalue weighted by Gasteiger charge is -2.02. The Morgan fingerprint density at radius 1 is 1.04 bits per heavy atom. The maximum absolute atomic E-state index is 11.8. The van der Waals surface area contributed by atoms with Crippen molar-refractivity contribution in [1.29, 1.82) is 0 Å². The monoisotopic (exact) mass is 347 g/mol. The van der Waals surface area contributed by atoms with Gasteiger partial charge < -0.3 is 5.32 Å². The van der Waals surface area contributed by atoms with Crippen LogP contribution in [0.15, 0.2) is 41.8 Å². The Labute approximate surface area is 150 Å². The Hall–Kier alpha value is -1.55. The third kappa shape index (κ3) is 11.1. The molecule has 4 heteroatoms. The van der Waals surface area contributed by atoms with Gasteiger partial charge in [-0.05, 0) is 23.8 Å². The number of rotatable bonds is 12. The molecule has 0 radical (unpaired) electrons. The van der Waals surface area contributed by atoms with Gasteiger partial charge in [-0.3, -0.25) is 9.59 Å². The molecule has 0 saturated carbocycles. The van der Waals surface area contributed by atoms with Crippen LogP contribution in [0.1, 0.15) is 57.4 Å². The Morgan fingerprint density at radius 2 is 1.75 bits per heavy atom. The lowest BCUT2D eigenvalue weighted by atomic mass is 10.1. The molecule has 0 aliphatic rings. The van der Waals surface area contributed by atoms with Gasteiger partial charge in [0.15, 0.2) is 5.12 Å². The number of thioether (sulfide) groups is 1. The number of nitrogens with one attached hydrogen (secondary N) is 1. The molecule has 0 aliphatic carbocycles. The van der Waals surface area contributed by atoms with Crippen LogP contribution >= 0.6 is 11.8 Å². The van der Waals surface area contributed by atoms with E-state index in [1.54, 1.807) is 5.41 Å². The average Bonchev–Trinajstić information content (AvgIpc) is 2.60. The highest BCUT2D eigenvalue weighted by atomic mass is 32.2. The van der Waals surface area contributed by atoms with Gasteiger partial charge >= 0.3 is 0 Å². The normalized spacial score (nSPS) is 10.9. The van der Waals surface area contributed by atoms with E-state index in [9.17, 15) is 9.59 Å². The Bertz CT molecular complexity index is 500. The van der Waals surface area contributed by atoms with Crippen molar-refractivity contribution >= 4 is 22.8 Å². The predicted molar refractivity (Wildman–Crippen MR) is 103 cm³/mol. The molecule has 132 valence electrons. The van der Waals surface area contributed by atoms with E-state index in [4.69, 9.17) is 0 Å². The van der Waals surface area contributed by atoms with Crippen molar-refractivity contribution in [2.24, 2.45) is 0 Å². The second-order valence-corrected chi connectivity index (χ2v) is 6.80. The van der Waals surface area contributed by atoms with E-state index >= 15 is 0 Å². The lowest BCUT2D eigenvalue weighted by molar-refractivity contribution is -0.116. The Balaban J connectivity index is 2.04. The zero-order valence-electron chi connectivity index (χ0n) is 14.6. The number of carbonyl (C=O) groups excluding carboxylic acids is 2. The van der Waals surface area contributed by atoms with Crippen LogP contribution in [0.2, 0.25) is 0 Å². The zero-order valence-corrected chi connectivity index (χ0v) is 15.4. The van der Waals surface area contributed by atoms with Crippen molar-refractivity contribution in [3.63, 3.8) is 0 Å². The van der Waals surface area contributed by atoms with E-state index in [1.165, 1.54) is 31.8 Å². The van der Waals surface area contributed by atoms with Crippen LogP contribution in [-0.2, 0) is 16.0 Å². The van der Waals surface area contributed by atoms with Crippen LogP contribution in [0.4, 0.5) is 0 Å². The summed E-state index contributed by atoms with van der Waals surface area (Å²) in [6, 6.07) is 9.95. The molecule has 1 aromatic carbocycles. The van der Waals surface area contributed by atoms with Gasteiger partial charge in [0.2, 0.25) is 5.91 Å². The van der Waals surface area contributed by atoms with Crippen LogP contribution in [0.25, 0.3) is 0 Å².